The quantitative estimate of drug-likeness (QED) is 0.476. The molecule has 0 saturated heterocycles. The Morgan fingerprint density at radius 2 is 1.91 bits per heavy atom. The van der Waals surface area contributed by atoms with Crippen molar-refractivity contribution in [1.82, 2.24) is 9.38 Å². The third-order valence-electron chi connectivity index (χ3n) is 5.67. The molecule has 1 amide bonds. The minimum absolute atomic E-state index is 0.0612. The molecule has 4 rings (SSSR count). The van der Waals surface area contributed by atoms with E-state index >= 15 is 0 Å². The molecule has 0 unspecified atom stereocenters. The second-order valence-electron chi connectivity index (χ2n) is 8.32. The molecule has 0 bridgehead atoms. The van der Waals surface area contributed by atoms with E-state index in [4.69, 9.17) is 0 Å². The van der Waals surface area contributed by atoms with Crippen LogP contribution in [0.15, 0.2) is 36.5 Å². The van der Waals surface area contributed by atoms with Gasteiger partial charge in [0.05, 0.1) is 5.69 Å². The van der Waals surface area contributed by atoms with Crippen molar-refractivity contribution in [2.45, 2.75) is 45.4 Å². The van der Waals surface area contributed by atoms with Crippen LogP contribution in [0, 0.1) is 17.0 Å². The Morgan fingerprint density at radius 3 is 2.56 bits per heavy atom. The standard InChI is InChI=1S/C22H20F5N3O2/c1-21(8-2-3-9-21)11-18(31)29-20-19(30-12-14(23)5-7-17(30)28-20)13-4-6-16(15(24)10-13)32-22(25,26)27/h4-7,10,12H,2-3,8-9,11H2,1H3,(H,29,31). The van der Waals surface area contributed by atoms with Gasteiger partial charge >= 0.3 is 6.36 Å². The number of fused-ring (bicyclic) bond motifs is 1. The molecule has 170 valence electrons. The van der Waals surface area contributed by atoms with Crippen molar-refractivity contribution in [2.75, 3.05) is 5.32 Å². The fourth-order valence-electron chi connectivity index (χ4n) is 4.21. The van der Waals surface area contributed by atoms with E-state index in [1.165, 1.54) is 22.6 Å². The molecule has 1 N–H and O–H groups in total. The average molecular weight is 453 g/mol. The van der Waals surface area contributed by atoms with E-state index in [2.05, 4.69) is 15.0 Å². The van der Waals surface area contributed by atoms with Crippen molar-refractivity contribution in [1.29, 1.82) is 0 Å². The number of alkyl halides is 3. The highest BCUT2D eigenvalue weighted by Gasteiger charge is 2.33. The third kappa shape index (κ3) is 4.68. The van der Waals surface area contributed by atoms with Gasteiger partial charge in [0.1, 0.15) is 11.5 Å². The van der Waals surface area contributed by atoms with E-state index in [0.29, 0.717) is 0 Å². The number of ether oxygens (including phenoxy) is 1. The topological polar surface area (TPSA) is 55.6 Å². The normalized spacial score (nSPS) is 15.8. The van der Waals surface area contributed by atoms with Gasteiger partial charge in [0.25, 0.3) is 0 Å². The maximum atomic E-state index is 14.4. The maximum Gasteiger partial charge on any atom is 0.573 e. The van der Waals surface area contributed by atoms with Crippen molar-refractivity contribution >= 4 is 17.4 Å². The summed E-state index contributed by atoms with van der Waals surface area (Å²) in [4.78, 5) is 17.0. The van der Waals surface area contributed by atoms with E-state index in [9.17, 15) is 26.7 Å². The second kappa shape index (κ2) is 8.07. The number of nitrogens with one attached hydrogen (secondary N) is 1. The zero-order valence-corrected chi connectivity index (χ0v) is 17.1. The molecule has 0 atom stereocenters. The first kappa shape index (κ1) is 22.0. The lowest BCUT2D eigenvalue weighted by atomic mass is 9.85. The predicted octanol–water partition coefficient (Wildman–Crippen LogP) is 6.09. The van der Waals surface area contributed by atoms with Gasteiger partial charge in [0.2, 0.25) is 5.91 Å². The molecule has 5 nitrogen and oxygen atoms in total. The number of pyridine rings is 1. The number of nitrogens with zero attached hydrogens (tertiary/aromatic N) is 2. The second-order valence-corrected chi connectivity index (χ2v) is 8.32. The van der Waals surface area contributed by atoms with Gasteiger partial charge in [-0.1, -0.05) is 19.8 Å². The van der Waals surface area contributed by atoms with Crippen LogP contribution in [-0.2, 0) is 4.79 Å². The SMILES string of the molecule is CC1(CC(=O)Nc2nc3ccc(F)cn3c2-c2ccc(OC(F)(F)F)c(F)c2)CCCC1. The zero-order chi connectivity index (χ0) is 23.1. The van der Waals surface area contributed by atoms with Crippen LogP contribution in [0.3, 0.4) is 0 Å². The first-order chi connectivity index (χ1) is 15.0. The molecule has 1 aliphatic rings. The predicted molar refractivity (Wildman–Crippen MR) is 107 cm³/mol. The van der Waals surface area contributed by atoms with Crippen molar-refractivity contribution in [3.63, 3.8) is 0 Å². The molecule has 3 aromatic rings. The molecule has 32 heavy (non-hydrogen) atoms. The minimum atomic E-state index is -5.05. The van der Waals surface area contributed by atoms with E-state index < -0.39 is 23.7 Å². The van der Waals surface area contributed by atoms with Gasteiger partial charge in [-0.3, -0.25) is 9.20 Å². The van der Waals surface area contributed by atoms with Crippen molar-refractivity contribution in [3.05, 3.63) is 48.2 Å². The fourth-order valence-corrected chi connectivity index (χ4v) is 4.21. The van der Waals surface area contributed by atoms with Crippen LogP contribution in [-0.4, -0.2) is 21.7 Å². The number of hydrogen-bond donors (Lipinski definition) is 1. The molecule has 0 spiro atoms. The number of carbonyl (C=O) groups is 1. The number of benzene rings is 1. The molecule has 0 aliphatic heterocycles. The van der Waals surface area contributed by atoms with Gasteiger partial charge in [-0.2, -0.15) is 0 Å². The van der Waals surface area contributed by atoms with Gasteiger partial charge < -0.3 is 10.1 Å². The number of rotatable bonds is 5. The van der Waals surface area contributed by atoms with Gasteiger partial charge in [0.15, 0.2) is 17.4 Å². The van der Waals surface area contributed by atoms with Crippen LogP contribution >= 0.6 is 0 Å². The number of amides is 1. The van der Waals surface area contributed by atoms with Crippen molar-refractivity contribution in [3.8, 4) is 17.0 Å². The molecule has 1 aromatic carbocycles. The van der Waals surface area contributed by atoms with Crippen molar-refractivity contribution < 1.29 is 31.5 Å². The average Bonchev–Trinajstić information content (AvgIpc) is 3.25. The summed E-state index contributed by atoms with van der Waals surface area (Å²) in [6, 6.07) is 5.39. The molecule has 0 radical (unpaired) electrons. The van der Waals surface area contributed by atoms with Gasteiger partial charge in [0, 0.05) is 18.2 Å². The maximum absolute atomic E-state index is 14.4. The molecule has 1 fully saturated rings. The lowest BCUT2D eigenvalue weighted by Gasteiger charge is -2.22. The van der Waals surface area contributed by atoms with E-state index in [1.807, 2.05) is 6.92 Å². The summed E-state index contributed by atoms with van der Waals surface area (Å²) < 4.78 is 70.6. The summed E-state index contributed by atoms with van der Waals surface area (Å²) >= 11 is 0. The lowest BCUT2D eigenvalue weighted by molar-refractivity contribution is -0.275. The first-order valence-corrected chi connectivity index (χ1v) is 10.1. The summed E-state index contributed by atoms with van der Waals surface area (Å²) in [6.45, 7) is 2.04. The summed E-state index contributed by atoms with van der Waals surface area (Å²) in [6.07, 6.45) is 0.267. The highest BCUT2D eigenvalue weighted by molar-refractivity contribution is 5.94. The first-order valence-electron chi connectivity index (χ1n) is 10.1. The summed E-state index contributed by atoms with van der Waals surface area (Å²) in [7, 11) is 0. The van der Waals surface area contributed by atoms with E-state index in [1.54, 1.807) is 0 Å². The Morgan fingerprint density at radius 1 is 1.19 bits per heavy atom. The summed E-state index contributed by atoms with van der Waals surface area (Å²) in [5.74, 6) is -3.10. The van der Waals surface area contributed by atoms with Gasteiger partial charge in [-0.25, -0.2) is 13.8 Å². The smallest absolute Gasteiger partial charge is 0.403 e. The number of aromatic nitrogens is 2. The van der Waals surface area contributed by atoms with Crippen LogP contribution in [0.5, 0.6) is 5.75 Å². The number of anilines is 1. The van der Waals surface area contributed by atoms with Crippen LogP contribution in [0.2, 0.25) is 0 Å². The Kier molecular flexibility index (Phi) is 5.56. The van der Waals surface area contributed by atoms with Crippen LogP contribution in [0.1, 0.15) is 39.0 Å². The third-order valence-corrected chi connectivity index (χ3v) is 5.67. The Hall–Kier alpha value is -3.17. The van der Waals surface area contributed by atoms with E-state index in [-0.39, 0.29) is 40.5 Å². The van der Waals surface area contributed by atoms with Crippen molar-refractivity contribution in [2.24, 2.45) is 5.41 Å². The molecule has 1 saturated carbocycles. The summed E-state index contributed by atoms with van der Waals surface area (Å²) in [5.41, 5.74) is 0.386. The molecule has 1 aliphatic carbocycles. The molecule has 2 heterocycles. The molecule has 2 aromatic heterocycles. The highest BCUT2D eigenvalue weighted by Crippen LogP contribution is 2.41. The molecule has 10 heteroatoms. The summed E-state index contributed by atoms with van der Waals surface area (Å²) in [5, 5.41) is 2.72. The van der Waals surface area contributed by atoms with E-state index in [0.717, 1.165) is 44.0 Å². The van der Waals surface area contributed by atoms with Crippen LogP contribution in [0.25, 0.3) is 16.9 Å². The van der Waals surface area contributed by atoms with Crippen LogP contribution in [0.4, 0.5) is 27.8 Å². The fraction of sp³-hybridized carbons (Fsp3) is 0.364. The highest BCUT2D eigenvalue weighted by atomic mass is 19.4. The number of imidazole rings is 1. The minimum Gasteiger partial charge on any atom is -0.403 e. The van der Waals surface area contributed by atoms with Crippen LogP contribution < -0.4 is 10.1 Å². The van der Waals surface area contributed by atoms with Gasteiger partial charge in [-0.15, -0.1) is 13.2 Å². The Bertz CT molecular complexity index is 1170. The largest absolute Gasteiger partial charge is 0.573 e. The monoisotopic (exact) mass is 453 g/mol. The number of hydrogen-bond acceptors (Lipinski definition) is 3. The molecular weight excluding hydrogens is 433 g/mol. The zero-order valence-electron chi connectivity index (χ0n) is 17.1. The Labute approximate surface area is 180 Å². The Balaban J connectivity index is 1.72. The lowest BCUT2D eigenvalue weighted by Crippen LogP contribution is -2.22. The number of carbonyl (C=O) groups excluding carboxylic acids is 1. The number of halogens is 5. The van der Waals surface area contributed by atoms with Gasteiger partial charge in [-0.05, 0) is 48.6 Å². The molecular formula is C22H20F5N3O2.